The van der Waals surface area contributed by atoms with Crippen LogP contribution in [0.15, 0.2) is 30.3 Å². The maximum absolute atomic E-state index is 14.5. The van der Waals surface area contributed by atoms with Crippen molar-refractivity contribution in [3.63, 3.8) is 0 Å². The fraction of sp³-hybridized carbons (Fsp3) is 0.370. The fourth-order valence-electron chi connectivity index (χ4n) is 4.09. The number of benzene rings is 2. The Bertz CT molecular complexity index is 1200. The van der Waals surface area contributed by atoms with Crippen LogP contribution >= 0.6 is 22.9 Å². The maximum atomic E-state index is 14.5. The Balaban J connectivity index is 2.13. The van der Waals surface area contributed by atoms with Crippen LogP contribution in [-0.4, -0.2) is 12.1 Å². The summed E-state index contributed by atoms with van der Waals surface area (Å²) in [5.41, 5.74) is 9.65. The minimum absolute atomic E-state index is 0.259. The number of aromatic nitrogens is 1. The van der Waals surface area contributed by atoms with E-state index in [9.17, 15) is 4.39 Å². The molecule has 0 amide bonds. The summed E-state index contributed by atoms with van der Waals surface area (Å²) in [6.45, 7) is 7.80. The molecule has 0 saturated carbocycles. The number of hydrogen-bond acceptors (Lipinski definition) is 4. The lowest BCUT2D eigenvalue weighted by Crippen LogP contribution is -2.41. The molecule has 2 N–H and O–H groups in total. The van der Waals surface area contributed by atoms with E-state index in [2.05, 4.69) is 12.8 Å². The Morgan fingerprint density at radius 1 is 1.24 bits per heavy atom. The molecule has 0 bridgehead atoms. The Morgan fingerprint density at radius 3 is 2.58 bits per heavy atom. The predicted molar refractivity (Wildman–Crippen MR) is 137 cm³/mol. The number of thiazole rings is 1. The Kier molecular flexibility index (Phi) is 7.84. The smallest absolute Gasteiger partial charge is 0.136 e. The lowest BCUT2D eigenvalue weighted by atomic mass is 9.77. The first-order chi connectivity index (χ1) is 15.7. The minimum Gasteiger partial charge on any atom is -0.496 e. The first kappa shape index (κ1) is 25.2. The third-order valence-corrected chi connectivity index (χ3v) is 7.56. The molecule has 3 rings (SSSR count). The second kappa shape index (κ2) is 10.3. The number of rotatable bonds is 8. The van der Waals surface area contributed by atoms with Gasteiger partial charge in [-0.15, -0.1) is 17.8 Å². The molecule has 0 aliphatic rings. The second-order valence-electron chi connectivity index (χ2n) is 8.44. The quantitative estimate of drug-likeness (QED) is 0.341. The lowest BCUT2D eigenvalue weighted by Gasteiger charge is -2.32. The molecule has 2 atom stereocenters. The van der Waals surface area contributed by atoms with Gasteiger partial charge >= 0.3 is 0 Å². The van der Waals surface area contributed by atoms with Crippen LogP contribution in [0.25, 0.3) is 11.3 Å². The van der Waals surface area contributed by atoms with Gasteiger partial charge in [-0.25, -0.2) is 9.37 Å². The molecule has 0 spiro atoms. The van der Waals surface area contributed by atoms with E-state index < -0.39 is 5.54 Å². The van der Waals surface area contributed by atoms with E-state index in [1.54, 1.807) is 32.2 Å². The van der Waals surface area contributed by atoms with E-state index in [4.69, 9.17) is 33.5 Å². The zero-order valence-corrected chi connectivity index (χ0v) is 21.3. The van der Waals surface area contributed by atoms with Gasteiger partial charge in [0.25, 0.3) is 0 Å². The van der Waals surface area contributed by atoms with E-state index in [-0.39, 0.29) is 11.7 Å². The van der Waals surface area contributed by atoms with Crippen molar-refractivity contribution in [2.45, 2.75) is 58.4 Å². The SMILES string of the molecule is C#CC(N)(c1nc(-c2cc(C)c(OC)cc2Cl)c(C)s1)[C@@H](CCCC)c1ccc(C)c(F)c1. The van der Waals surface area contributed by atoms with Gasteiger partial charge in [0.2, 0.25) is 0 Å². The monoisotopic (exact) mass is 484 g/mol. The van der Waals surface area contributed by atoms with Crippen molar-refractivity contribution in [2.75, 3.05) is 7.11 Å². The van der Waals surface area contributed by atoms with Crippen molar-refractivity contribution >= 4 is 22.9 Å². The van der Waals surface area contributed by atoms with E-state index in [1.807, 2.05) is 26.0 Å². The molecular weight excluding hydrogens is 455 g/mol. The van der Waals surface area contributed by atoms with Crippen molar-refractivity contribution in [2.24, 2.45) is 5.73 Å². The van der Waals surface area contributed by atoms with Gasteiger partial charge in [-0.05, 0) is 62.1 Å². The molecule has 0 aliphatic carbocycles. The van der Waals surface area contributed by atoms with Gasteiger partial charge < -0.3 is 10.5 Å². The van der Waals surface area contributed by atoms with Gasteiger partial charge in [0.15, 0.2) is 0 Å². The number of ether oxygens (including phenoxy) is 1. The molecule has 3 aromatic rings. The van der Waals surface area contributed by atoms with Crippen LogP contribution in [0.3, 0.4) is 0 Å². The second-order valence-corrected chi connectivity index (χ2v) is 10.1. The van der Waals surface area contributed by atoms with Crippen molar-refractivity contribution in [1.29, 1.82) is 0 Å². The highest BCUT2D eigenvalue weighted by atomic mass is 35.5. The predicted octanol–water partition coefficient (Wildman–Crippen LogP) is 7.30. The molecule has 174 valence electrons. The molecule has 0 saturated heterocycles. The highest BCUT2D eigenvalue weighted by Crippen LogP contribution is 2.44. The number of nitrogens with two attached hydrogens (primary N) is 1. The van der Waals surface area contributed by atoms with Gasteiger partial charge in [-0.3, -0.25) is 0 Å². The third-order valence-electron chi connectivity index (χ3n) is 6.12. The summed E-state index contributed by atoms with van der Waals surface area (Å²) >= 11 is 8.04. The van der Waals surface area contributed by atoms with Crippen molar-refractivity contribution in [1.82, 2.24) is 4.98 Å². The number of aryl methyl sites for hydroxylation is 3. The number of halogens is 2. The topological polar surface area (TPSA) is 48.1 Å². The summed E-state index contributed by atoms with van der Waals surface area (Å²) in [6.07, 6.45) is 8.69. The Morgan fingerprint density at radius 2 is 1.97 bits per heavy atom. The van der Waals surface area contributed by atoms with Gasteiger partial charge in [0.1, 0.15) is 22.1 Å². The molecule has 0 radical (unpaired) electrons. The number of nitrogens with zero attached hydrogens (tertiary/aromatic N) is 1. The highest BCUT2D eigenvalue weighted by molar-refractivity contribution is 7.12. The highest BCUT2D eigenvalue weighted by Gasteiger charge is 2.39. The number of terminal acetylenes is 1. The molecule has 1 unspecified atom stereocenters. The van der Waals surface area contributed by atoms with Gasteiger partial charge in [0, 0.05) is 16.4 Å². The Hall–Kier alpha value is -2.39. The van der Waals surface area contributed by atoms with Crippen LogP contribution in [0.5, 0.6) is 5.75 Å². The molecular formula is C27H30ClFN2OS. The van der Waals surface area contributed by atoms with E-state index in [0.717, 1.165) is 52.3 Å². The molecule has 2 aromatic carbocycles. The maximum Gasteiger partial charge on any atom is 0.136 e. The van der Waals surface area contributed by atoms with Crippen LogP contribution in [0, 0.1) is 38.9 Å². The van der Waals surface area contributed by atoms with Crippen molar-refractivity contribution < 1.29 is 9.13 Å². The molecule has 0 aliphatic heterocycles. The molecule has 1 aromatic heterocycles. The molecule has 33 heavy (non-hydrogen) atoms. The summed E-state index contributed by atoms with van der Waals surface area (Å²) in [7, 11) is 1.62. The average Bonchev–Trinajstić information content (AvgIpc) is 3.19. The normalized spacial score (nSPS) is 13.9. The molecule has 1 heterocycles. The van der Waals surface area contributed by atoms with Crippen LogP contribution in [0.1, 0.15) is 58.7 Å². The largest absolute Gasteiger partial charge is 0.496 e. The van der Waals surface area contributed by atoms with Crippen LogP contribution in [0.2, 0.25) is 5.02 Å². The summed E-state index contributed by atoms with van der Waals surface area (Å²) in [4.78, 5) is 5.87. The minimum atomic E-state index is -1.18. The van der Waals surface area contributed by atoms with Gasteiger partial charge in [-0.1, -0.05) is 49.4 Å². The number of hydrogen-bond donors (Lipinski definition) is 1. The molecule has 3 nitrogen and oxygen atoms in total. The third kappa shape index (κ3) is 4.94. The summed E-state index contributed by atoms with van der Waals surface area (Å²) in [5.74, 6) is 3.01. The van der Waals surface area contributed by atoms with E-state index in [1.165, 1.54) is 11.3 Å². The molecule has 0 fully saturated rings. The van der Waals surface area contributed by atoms with E-state index in [0.29, 0.717) is 15.6 Å². The first-order valence-corrected chi connectivity index (χ1v) is 12.2. The van der Waals surface area contributed by atoms with Gasteiger partial charge in [0.05, 0.1) is 17.8 Å². The summed E-state index contributed by atoms with van der Waals surface area (Å²) in [5, 5.41) is 1.17. The standard InChI is InChI=1S/C27H30ClFN2OS/c1-7-9-10-21(19-12-11-16(3)23(29)14-19)27(30,8-2)26-31-25(18(5)33-26)20-13-17(4)24(32-6)15-22(20)28/h2,11-15,21H,7,9-10,30H2,1,3-6H3/t21-,27?/m0/s1. The zero-order chi connectivity index (χ0) is 24.3. The Labute approximate surface area is 205 Å². The van der Waals surface area contributed by atoms with E-state index >= 15 is 0 Å². The number of methoxy groups -OCH3 is 1. The summed E-state index contributed by atoms with van der Waals surface area (Å²) < 4.78 is 19.8. The van der Waals surface area contributed by atoms with Gasteiger partial charge in [-0.2, -0.15) is 0 Å². The fourth-order valence-corrected chi connectivity index (χ4v) is 5.38. The van der Waals surface area contributed by atoms with Crippen LogP contribution < -0.4 is 10.5 Å². The zero-order valence-electron chi connectivity index (χ0n) is 19.8. The number of unbranched alkanes of at least 4 members (excludes halogenated alkanes) is 1. The summed E-state index contributed by atoms with van der Waals surface area (Å²) in [6, 6.07) is 9.01. The van der Waals surface area contributed by atoms with Crippen LogP contribution in [0.4, 0.5) is 4.39 Å². The van der Waals surface area contributed by atoms with Crippen LogP contribution in [-0.2, 0) is 5.54 Å². The van der Waals surface area contributed by atoms with Crippen molar-refractivity contribution in [3.8, 4) is 29.4 Å². The average molecular weight is 485 g/mol. The van der Waals surface area contributed by atoms with Crippen molar-refractivity contribution in [3.05, 3.63) is 67.7 Å². The lowest BCUT2D eigenvalue weighted by molar-refractivity contribution is 0.411. The first-order valence-electron chi connectivity index (χ1n) is 11.0. The molecule has 6 heteroatoms.